The highest BCUT2D eigenvalue weighted by molar-refractivity contribution is 5.63. The van der Waals surface area contributed by atoms with E-state index < -0.39 is 0 Å². The summed E-state index contributed by atoms with van der Waals surface area (Å²) in [4.78, 5) is 4.85. The molecule has 0 aromatic rings. The number of oxime groups is 1. The number of hydrogen-bond acceptors (Lipinski definition) is 6. The second-order valence-electron chi connectivity index (χ2n) is 6.03. The van der Waals surface area contributed by atoms with Gasteiger partial charge in [0.25, 0.3) is 0 Å². The number of ether oxygens (including phenoxy) is 4. The fourth-order valence-electron chi connectivity index (χ4n) is 2.27. The molecule has 0 unspecified atom stereocenters. The van der Waals surface area contributed by atoms with Crippen LogP contribution in [0.3, 0.4) is 0 Å². The number of nitrogens with zero attached hydrogens (tertiary/aromatic N) is 1. The van der Waals surface area contributed by atoms with Crippen molar-refractivity contribution >= 4 is 6.21 Å². The van der Waals surface area contributed by atoms with Crippen molar-refractivity contribution in [1.29, 1.82) is 0 Å². The molecule has 0 bridgehead atoms. The molecular weight excluding hydrogens is 322 g/mol. The topological polar surface area (TPSA) is 58.5 Å². The number of rotatable bonds is 18. The van der Waals surface area contributed by atoms with Gasteiger partial charge < -0.3 is 23.8 Å². The van der Waals surface area contributed by atoms with Gasteiger partial charge in [-0.25, -0.2) is 0 Å². The minimum Gasteiger partial charge on any atom is -0.399 e. The fourth-order valence-corrected chi connectivity index (χ4v) is 2.27. The smallest absolute Gasteiger partial charge is 0.125 e. The first kappa shape index (κ1) is 24.3. The molecule has 0 radical (unpaired) electrons. The molecule has 0 N–H and O–H groups in total. The van der Waals surface area contributed by atoms with Crippen molar-refractivity contribution in [3.8, 4) is 0 Å². The summed E-state index contributed by atoms with van der Waals surface area (Å²) in [7, 11) is 3.20. The van der Waals surface area contributed by atoms with Crippen molar-refractivity contribution in [1.82, 2.24) is 0 Å². The van der Waals surface area contributed by atoms with Gasteiger partial charge >= 0.3 is 0 Å². The Morgan fingerprint density at radius 1 is 0.800 bits per heavy atom. The Balaban J connectivity index is 5.09. The molecule has 25 heavy (non-hydrogen) atoms. The summed E-state index contributed by atoms with van der Waals surface area (Å²) in [6, 6.07) is 0. The first-order chi connectivity index (χ1) is 12.2. The summed E-state index contributed by atoms with van der Waals surface area (Å²) < 4.78 is 23.6. The second-order valence-corrected chi connectivity index (χ2v) is 6.03. The van der Waals surface area contributed by atoms with Crippen LogP contribution in [0.5, 0.6) is 0 Å². The number of methoxy groups -OCH3 is 1. The summed E-state index contributed by atoms with van der Waals surface area (Å²) in [5.41, 5.74) is 0. The van der Waals surface area contributed by atoms with Crippen LogP contribution in [0.2, 0.25) is 0 Å². The summed E-state index contributed by atoms with van der Waals surface area (Å²) in [6.45, 7) is 8.87. The monoisotopic (exact) mass is 361 g/mol. The van der Waals surface area contributed by atoms with E-state index in [1.807, 2.05) is 0 Å². The van der Waals surface area contributed by atoms with Crippen LogP contribution in [0.4, 0.5) is 0 Å². The van der Waals surface area contributed by atoms with Crippen LogP contribution in [0.15, 0.2) is 5.16 Å². The van der Waals surface area contributed by atoms with E-state index in [1.54, 1.807) is 13.3 Å². The molecule has 0 fully saturated rings. The number of unbranched alkanes of at least 4 members (excludes halogenated alkanes) is 3. The number of hydrogen-bond donors (Lipinski definition) is 0. The first-order valence-corrected chi connectivity index (χ1v) is 9.65. The van der Waals surface area contributed by atoms with E-state index in [0.717, 1.165) is 38.5 Å². The third-order valence-electron chi connectivity index (χ3n) is 3.78. The van der Waals surface area contributed by atoms with Gasteiger partial charge in [0, 0.05) is 26.9 Å². The molecule has 0 aromatic heterocycles. The highest BCUT2D eigenvalue weighted by Crippen LogP contribution is 2.15. The van der Waals surface area contributed by atoms with E-state index in [9.17, 15) is 0 Å². The zero-order valence-electron chi connectivity index (χ0n) is 16.9. The minimum atomic E-state index is -0.329. The molecule has 0 aliphatic rings. The van der Waals surface area contributed by atoms with Gasteiger partial charge in [-0.3, -0.25) is 0 Å². The van der Waals surface area contributed by atoms with Crippen LogP contribution >= 0.6 is 0 Å². The molecule has 6 heteroatoms. The molecule has 0 rings (SSSR count). The highest BCUT2D eigenvalue weighted by atomic mass is 16.6. The Kier molecular flexibility index (Phi) is 17.6. The molecule has 0 saturated carbocycles. The summed E-state index contributed by atoms with van der Waals surface area (Å²) >= 11 is 0. The first-order valence-electron chi connectivity index (χ1n) is 9.65. The van der Waals surface area contributed by atoms with Gasteiger partial charge in [-0.15, -0.1) is 0 Å². The van der Waals surface area contributed by atoms with Crippen LogP contribution in [0, 0.1) is 0 Å². The summed E-state index contributed by atoms with van der Waals surface area (Å²) in [5, 5.41) is 3.91. The van der Waals surface area contributed by atoms with E-state index >= 15 is 0 Å². The quantitative estimate of drug-likeness (QED) is 0.211. The van der Waals surface area contributed by atoms with Gasteiger partial charge in [0.05, 0.1) is 12.8 Å². The van der Waals surface area contributed by atoms with Crippen molar-refractivity contribution in [2.45, 2.75) is 77.6 Å². The van der Waals surface area contributed by atoms with Crippen LogP contribution in [0.25, 0.3) is 0 Å². The maximum Gasteiger partial charge on any atom is 0.125 e. The Morgan fingerprint density at radius 2 is 1.36 bits per heavy atom. The molecule has 0 aromatic carbocycles. The van der Waals surface area contributed by atoms with Gasteiger partial charge in [0.1, 0.15) is 25.4 Å². The largest absolute Gasteiger partial charge is 0.399 e. The Labute approximate surface area is 154 Å². The lowest BCUT2D eigenvalue weighted by Crippen LogP contribution is -2.46. The Morgan fingerprint density at radius 3 is 1.88 bits per heavy atom. The van der Waals surface area contributed by atoms with Crippen LogP contribution < -0.4 is 0 Å². The van der Waals surface area contributed by atoms with E-state index in [2.05, 4.69) is 25.9 Å². The van der Waals surface area contributed by atoms with Gasteiger partial charge in [0.2, 0.25) is 0 Å². The van der Waals surface area contributed by atoms with Gasteiger partial charge in [0.15, 0.2) is 0 Å². The molecule has 0 saturated heterocycles. The predicted octanol–water partition coefficient (Wildman–Crippen LogP) is 3.82. The molecule has 150 valence electrons. The standard InChI is InChI=1S/C19H39NO5/c1-6-9-12-23-17(15-20-22-5)19(25-14-11-8-3)18(16-21-4)24-13-10-7-2/h15,17-19H,6-14,16H2,1-5H3/b20-15+/t17-,18+,19+/m0/s1. The van der Waals surface area contributed by atoms with Crippen molar-refractivity contribution in [3.05, 3.63) is 0 Å². The van der Waals surface area contributed by atoms with Gasteiger partial charge in [-0.2, -0.15) is 0 Å². The summed E-state index contributed by atoms with van der Waals surface area (Å²) in [5.74, 6) is 0. The van der Waals surface area contributed by atoms with Gasteiger partial charge in [-0.05, 0) is 19.3 Å². The van der Waals surface area contributed by atoms with Crippen molar-refractivity contribution in [2.75, 3.05) is 40.6 Å². The van der Waals surface area contributed by atoms with E-state index in [0.29, 0.717) is 26.4 Å². The van der Waals surface area contributed by atoms with Crippen LogP contribution in [0.1, 0.15) is 59.3 Å². The average Bonchev–Trinajstić information content (AvgIpc) is 2.62. The Hall–Kier alpha value is -0.690. The second kappa shape index (κ2) is 18.1. The zero-order chi connectivity index (χ0) is 18.8. The maximum absolute atomic E-state index is 6.14. The molecule has 0 spiro atoms. The summed E-state index contributed by atoms with van der Waals surface area (Å²) in [6.07, 6.45) is 7.08. The van der Waals surface area contributed by atoms with Crippen molar-refractivity contribution in [3.63, 3.8) is 0 Å². The zero-order valence-corrected chi connectivity index (χ0v) is 16.9. The maximum atomic E-state index is 6.14. The van der Waals surface area contributed by atoms with E-state index in [4.69, 9.17) is 23.8 Å². The molecule has 6 nitrogen and oxygen atoms in total. The molecule has 0 aliphatic carbocycles. The predicted molar refractivity (Wildman–Crippen MR) is 101 cm³/mol. The SMILES string of the molecule is CCCCO[C@H]([C@H](/C=N/OC)OCCCC)[C@@H](COC)OCCCC. The third-order valence-corrected chi connectivity index (χ3v) is 3.78. The average molecular weight is 362 g/mol. The molecular formula is C19H39NO5. The lowest BCUT2D eigenvalue weighted by atomic mass is 10.1. The normalized spacial score (nSPS) is 15.4. The highest BCUT2D eigenvalue weighted by Gasteiger charge is 2.31. The van der Waals surface area contributed by atoms with Crippen molar-refractivity contribution in [2.24, 2.45) is 5.16 Å². The Bertz CT molecular complexity index is 302. The van der Waals surface area contributed by atoms with Crippen LogP contribution in [-0.2, 0) is 23.8 Å². The molecule has 0 heterocycles. The molecule has 0 amide bonds. The molecule has 0 aliphatic heterocycles. The fraction of sp³-hybridized carbons (Fsp3) is 0.947. The minimum absolute atomic E-state index is 0.205. The lowest BCUT2D eigenvalue weighted by molar-refractivity contribution is -0.137. The lowest BCUT2D eigenvalue weighted by Gasteiger charge is -2.31. The van der Waals surface area contributed by atoms with E-state index in [1.165, 1.54) is 7.11 Å². The van der Waals surface area contributed by atoms with E-state index in [-0.39, 0.29) is 18.3 Å². The van der Waals surface area contributed by atoms with Crippen LogP contribution in [-0.4, -0.2) is 65.2 Å². The third kappa shape index (κ3) is 12.3. The van der Waals surface area contributed by atoms with Gasteiger partial charge in [-0.1, -0.05) is 45.2 Å². The van der Waals surface area contributed by atoms with Crippen molar-refractivity contribution < 1.29 is 23.8 Å². The molecule has 3 atom stereocenters.